The standard InChI is InChI=1S/C31H52N4O5S/c1-30(2,3)34-28(37)25-18-22-15-11-12-16-23(22)19-35(25)20-26(36)24(17-21-13-9-8-10-14-21)33-29(38)27(32-6)31(4,5)41(7,39)40/h8-10,13-14,22-27,32,36H,11-12,15-20H2,1-7H3,(H,33,38)(H,34,37). The minimum atomic E-state index is -3.58. The maximum Gasteiger partial charge on any atom is 0.239 e. The Bertz CT molecular complexity index is 1130. The van der Waals surface area contributed by atoms with Crippen molar-refractivity contribution in [3.63, 3.8) is 0 Å². The Hall–Kier alpha value is -2.01. The van der Waals surface area contributed by atoms with Gasteiger partial charge >= 0.3 is 0 Å². The SMILES string of the molecule is CNC(C(=O)NC(Cc1ccccc1)C(O)CN1CC2CCCCC2CC1C(=O)NC(C)(C)C)C(C)(C)S(C)(=O)=O. The molecule has 6 atom stereocenters. The van der Waals surface area contributed by atoms with Gasteiger partial charge in [0.2, 0.25) is 11.8 Å². The molecule has 41 heavy (non-hydrogen) atoms. The predicted octanol–water partition coefficient (Wildman–Crippen LogP) is 2.28. The summed E-state index contributed by atoms with van der Waals surface area (Å²) in [4.78, 5) is 29.1. The number of aliphatic hydroxyl groups is 1. The van der Waals surface area contributed by atoms with E-state index in [1.54, 1.807) is 7.05 Å². The van der Waals surface area contributed by atoms with Crippen LogP contribution in [0.3, 0.4) is 0 Å². The number of benzene rings is 1. The summed E-state index contributed by atoms with van der Waals surface area (Å²) >= 11 is 0. The van der Waals surface area contributed by atoms with Crippen LogP contribution < -0.4 is 16.0 Å². The number of amides is 2. The summed E-state index contributed by atoms with van der Waals surface area (Å²) in [5.74, 6) is 0.474. The number of aliphatic hydroxyl groups excluding tert-OH is 1. The molecular weight excluding hydrogens is 540 g/mol. The highest BCUT2D eigenvalue weighted by atomic mass is 32.2. The molecule has 1 saturated heterocycles. The van der Waals surface area contributed by atoms with E-state index < -0.39 is 38.7 Å². The van der Waals surface area contributed by atoms with Crippen molar-refractivity contribution in [2.45, 2.75) is 108 Å². The minimum Gasteiger partial charge on any atom is -0.390 e. The van der Waals surface area contributed by atoms with Gasteiger partial charge in [0.25, 0.3) is 0 Å². The van der Waals surface area contributed by atoms with Crippen LogP contribution in [0.25, 0.3) is 0 Å². The Kier molecular flexibility index (Phi) is 11.0. The van der Waals surface area contributed by atoms with E-state index in [1.165, 1.54) is 26.7 Å². The number of sulfone groups is 1. The van der Waals surface area contributed by atoms with E-state index >= 15 is 0 Å². The molecule has 1 aliphatic heterocycles. The van der Waals surface area contributed by atoms with Crippen molar-refractivity contribution in [1.29, 1.82) is 0 Å². The lowest BCUT2D eigenvalue weighted by atomic mass is 9.72. The number of likely N-dealkylation sites (tertiary alicyclic amines) is 1. The second kappa shape index (κ2) is 13.5. The first kappa shape index (κ1) is 33.5. The van der Waals surface area contributed by atoms with Gasteiger partial charge in [-0.3, -0.25) is 14.5 Å². The van der Waals surface area contributed by atoms with Gasteiger partial charge in [0.1, 0.15) is 6.04 Å². The van der Waals surface area contributed by atoms with Crippen molar-refractivity contribution in [2.24, 2.45) is 11.8 Å². The van der Waals surface area contributed by atoms with Crippen molar-refractivity contribution >= 4 is 21.7 Å². The third-order valence-electron chi connectivity index (χ3n) is 9.02. The zero-order chi connectivity index (χ0) is 30.6. The van der Waals surface area contributed by atoms with Gasteiger partial charge in [-0.15, -0.1) is 0 Å². The van der Waals surface area contributed by atoms with Gasteiger partial charge < -0.3 is 21.1 Å². The summed E-state index contributed by atoms with van der Waals surface area (Å²) < 4.78 is 23.7. The first-order valence-corrected chi connectivity index (χ1v) is 16.9. The van der Waals surface area contributed by atoms with E-state index in [4.69, 9.17) is 0 Å². The number of rotatable bonds is 11. The normalized spacial score (nSPS) is 24.5. The van der Waals surface area contributed by atoms with E-state index in [0.29, 0.717) is 18.3 Å². The molecule has 0 bridgehead atoms. The first-order chi connectivity index (χ1) is 19.0. The van der Waals surface area contributed by atoms with Crippen molar-refractivity contribution in [2.75, 3.05) is 26.4 Å². The van der Waals surface area contributed by atoms with Gasteiger partial charge in [0, 0.05) is 24.9 Å². The fourth-order valence-electron chi connectivity index (χ4n) is 6.42. The number of likely N-dealkylation sites (N-methyl/N-ethyl adjacent to an activating group) is 1. The van der Waals surface area contributed by atoms with Crippen molar-refractivity contribution < 1.29 is 23.1 Å². The van der Waals surface area contributed by atoms with Gasteiger partial charge in [0.05, 0.1) is 22.9 Å². The largest absolute Gasteiger partial charge is 0.390 e. The zero-order valence-electron chi connectivity index (χ0n) is 25.9. The van der Waals surface area contributed by atoms with Crippen LogP contribution in [0.4, 0.5) is 0 Å². The van der Waals surface area contributed by atoms with Crippen molar-refractivity contribution in [3.05, 3.63) is 35.9 Å². The van der Waals surface area contributed by atoms with Gasteiger partial charge in [-0.25, -0.2) is 8.42 Å². The Labute approximate surface area is 247 Å². The summed E-state index contributed by atoms with van der Waals surface area (Å²) in [7, 11) is -2.02. The molecule has 2 amide bonds. The summed E-state index contributed by atoms with van der Waals surface area (Å²) in [6.45, 7) is 9.92. The van der Waals surface area contributed by atoms with Gasteiger partial charge in [0.15, 0.2) is 9.84 Å². The van der Waals surface area contributed by atoms with Crippen LogP contribution in [0.15, 0.2) is 30.3 Å². The second-order valence-corrected chi connectivity index (χ2v) is 16.3. The average Bonchev–Trinajstić information content (AvgIpc) is 2.87. The van der Waals surface area contributed by atoms with Crippen molar-refractivity contribution in [3.8, 4) is 0 Å². The maximum absolute atomic E-state index is 13.6. The van der Waals surface area contributed by atoms with E-state index in [9.17, 15) is 23.1 Å². The molecule has 1 heterocycles. The van der Waals surface area contributed by atoms with Crippen LogP contribution in [-0.4, -0.2) is 91.1 Å². The molecule has 0 aromatic heterocycles. The van der Waals surface area contributed by atoms with Crippen LogP contribution in [0.1, 0.15) is 72.3 Å². The number of piperidine rings is 1. The molecule has 0 radical (unpaired) electrons. The molecule has 2 fully saturated rings. The number of fused-ring (bicyclic) bond motifs is 1. The number of hydrogen-bond acceptors (Lipinski definition) is 7. The molecule has 232 valence electrons. The van der Waals surface area contributed by atoms with Gasteiger partial charge in [-0.2, -0.15) is 0 Å². The average molecular weight is 593 g/mol. The molecule has 3 rings (SSSR count). The molecule has 1 aromatic carbocycles. The van der Waals surface area contributed by atoms with Crippen LogP contribution >= 0.6 is 0 Å². The lowest BCUT2D eigenvalue weighted by Crippen LogP contribution is -2.63. The van der Waals surface area contributed by atoms with E-state index in [2.05, 4.69) is 20.9 Å². The van der Waals surface area contributed by atoms with Crippen LogP contribution in [-0.2, 0) is 25.8 Å². The number of β-amino-alcohol motifs (C(OH)–C–C–N with tert-alkyl or cyclic N) is 1. The Balaban J connectivity index is 1.87. The number of hydrogen-bond donors (Lipinski definition) is 4. The monoisotopic (exact) mass is 592 g/mol. The molecule has 1 aliphatic carbocycles. The molecule has 10 heteroatoms. The summed E-state index contributed by atoms with van der Waals surface area (Å²) in [6.07, 6.45) is 5.90. The molecule has 1 aromatic rings. The molecule has 9 nitrogen and oxygen atoms in total. The number of nitrogens with zero attached hydrogens (tertiary/aromatic N) is 1. The zero-order valence-corrected chi connectivity index (χ0v) is 26.8. The van der Waals surface area contributed by atoms with Crippen LogP contribution in [0, 0.1) is 11.8 Å². The first-order valence-electron chi connectivity index (χ1n) is 15.0. The second-order valence-electron chi connectivity index (χ2n) is 13.7. The smallest absolute Gasteiger partial charge is 0.239 e. The third kappa shape index (κ3) is 8.75. The van der Waals surface area contributed by atoms with E-state index in [-0.39, 0.29) is 24.0 Å². The predicted molar refractivity (Wildman–Crippen MR) is 163 cm³/mol. The highest BCUT2D eigenvalue weighted by Gasteiger charge is 2.45. The lowest BCUT2D eigenvalue weighted by Gasteiger charge is -2.47. The fraction of sp³-hybridized carbons (Fsp3) is 0.742. The van der Waals surface area contributed by atoms with Gasteiger partial charge in [-0.1, -0.05) is 49.6 Å². The maximum atomic E-state index is 13.6. The summed E-state index contributed by atoms with van der Waals surface area (Å²) in [5, 5.41) is 20.7. The van der Waals surface area contributed by atoms with Crippen LogP contribution in [0.5, 0.6) is 0 Å². The molecular formula is C31H52N4O5S. The summed E-state index contributed by atoms with van der Waals surface area (Å²) in [6, 6.07) is 7.54. The quantitative estimate of drug-likeness (QED) is 0.311. The number of nitrogens with one attached hydrogen (secondary N) is 3. The molecule has 4 N–H and O–H groups in total. The number of carbonyl (C=O) groups excluding carboxylic acids is 2. The number of carbonyl (C=O) groups is 2. The van der Waals surface area contributed by atoms with E-state index in [0.717, 1.165) is 37.6 Å². The molecule has 6 unspecified atom stereocenters. The van der Waals surface area contributed by atoms with E-state index in [1.807, 2.05) is 51.1 Å². The topological polar surface area (TPSA) is 128 Å². The van der Waals surface area contributed by atoms with Crippen LogP contribution in [0.2, 0.25) is 0 Å². The third-order valence-corrected chi connectivity index (χ3v) is 11.2. The Morgan fingerprint density at radius 1 is 1.05 bits per heavy atom. The molecule has 1 saturated carbocycles. The van der Waals surface area contributed by atoms with Crippen molar-refractivity contribution in [1.82, 2.24) is 20.9 Å². The highest BCUT2D eigenvalue weighted by molar-refractivity contribution is 7.92. The minimum absolute atomic E-state index is 0.0254. The molecule has 0 spiro atoms. The fourth-order valence-corrected chi connectivity index (χ4v) is 7.07. The lowest BCUT2D eigenvalue weighted by molar-refractivity contribution is -0.133. The Morgan fingerprint density at radius 2 is 1.66 bits per heavy atom. The highest BCUT2D eigenvalue weighted by Crippen LogP contribution is 2.39. The van der Waals surface area contributed by atoms with Gasteiger partial charge in [-0.05, 0) is 78.3 Å². The summed E-state index contributed by atoms with van der Waals surface area (Å²) in [5.41, 5.74) is 0.566. The Morgan fingerprint density at radius 3 is 2.22 bits per heavy atom. The molecule has 2 aliphatic rings.